The number of rotatable bonds is 4. The van der Waals surface area contributed by atoms with E-state index in [9.17, 15) is 9.90 Å². The molecule has 2 unspecified atom stereocenters. The van der Waals surface area contributed by atoms with E-state index in [2.05, 4.69) is 5.32 Å². The third kappa shape index (κ3) is 3.40. The fourth-order valence-corrected chi connectivity index (χ4v) is 2.62. The van der Waals surface area contributed by atoms with Gasteiger partial charge in [-0.3, -0.25) is 4.79 Å². The molecule has 0 aromatic heterocycles. The Labute approximate surface area is 133 Å². The monoisotopic (exact) mass is 317 g/mol. The zero-order valence-electron chi connectivity index (χ0n) is 11.8. The number of hydrogen-bond donors (Lipinski definition) is 2. The van der Waals surface area contributed by atoms with Crippen molar-refractivity contribution in [2.24, 2.45) is 5.92 Å². The molecule has 114 valence electrons. The number of amides is 1. The van der Waals surface area contributed by atoms with E-state index in [-0.39, 0.29) is 11.8 Å². The molecule has 0 radical (unpaired) electrons. The largest absolute Gasteiger partial charge is 0.457 e. The third-order valence-electron chi connectivity index (χ3n) is 3.73. The molecule has 1 aliphatic rings. The first-order chi connectivity index (χ1) is 10.6. The fraction of sp³-hybridized carbons (Fsp3) is 0.235. The molecule has 2 aromatic carbocycles. The minimum Gasteiger partial charge on any atom is -0.457 e. The number of ether oxygens (including phenoxy) is 1. The van der Waals surface area contributed by atoms with Gasteiger partial charge in [0.2, 0.25) is 5.91 Å². The highest BCUT2D eigenvalue weighted by molar-refractivity contribution is 6.30. The van der Waals surface area contributed by atoms with Gasteiger partial charge < -0.3 is 15.2 Å². The molecular weight excluding hydrogens is 302 g/mol. The van der Waals surface area contributed by atoms with Gasteiger partial charge in [-0.25, -0.2) is 0 Å². The molecule has 3 rings (SSSR count). The highest BCUT2D eigenvalue weighted by Crippen LogP contribution is 2.29. The lowest BCUT2D eigenvalue weighted by molar-refractivity contribution is -0.119. The Kier molecular flexibility index (Phi) is 4.32. The number of carbonyl (C=O) groups is 1. The van der Waals surface area contributed by atoms with E-state index in [4.69, 9.17) is 16.3 Å². The molecule has 1 aliphatic heterocycles. The van der Waals surface area contributed by atoms with E-state index in [0.717, 1.165) is 5.56 Å². The van der Waals surface area contributed by atoms with Crippen molar-refractivity contribution in [2.75, 3.05) is 6.54 Å². The SMILES string of the molecule is O=C1CC(C(O)c2ccc(Oc3ccc(Cl)cc3)cc2)CN1. The molecule has 5 heteroatoms. The Morgan fingerprint density at radius 2 is 1.68 bits per heavy atom. The first-order valence-electron chi connectivity index (χ1n) is 7.10. The second-order valence-electron chi connectivity index (χ2n) is 5.34. The van der Waals surface area contributed by atoms with Crippen molar-refractivity contribution in [3.63, 3.8) is 0 Å². The Morgan fingerprint density at radius 3 is 2.23 bits per heavy atom. The summed E-state index contributed by atoms with van der Waals surface area (Å²) in [6.07, 6.45) is -0.284. The van der Waals surface area contributed by atoms with Crippen LogP contribution >= 0.6 is 11.6 Å². The molecule has 1 fully saturated rings. The van der Waals surface area contributed by atoms with Gasteiger partial charge in [0.25, 0.3) is 0 Å². The Balaban J connectivity index is 1.67. The average Bonchev–Trinajstić information content (AvgIpc) is 2.96. The summed E-state index contributed by atoms with van der Waals surface area (Å²) in [6, 6.07) is 14.4. The van der Waals surface area contributed by atoms with Gasteiger partial charge >= 0.3 is 0 Å². The van der Waals surface area contributed by atoms with Crippen LogP contribution in [-0.4, -0.2) is 17.6 Å². The Hall–Kier alpha value is -2.04. The van der Waals surface area contributed by atoms with E-state index in [0.29, 0.717) is 29.5 Å². The van der Waals surface area contributed by atoms with E-state index in [1.54, 1.807) is 36.4 Å². The van der Waals surface area contributed by atoms with Gasteiger partial charge in [0.05, 0.1) is 6.10 Å². The van der Waals surface area contributed by atoms with Gasteiger partial charge in [-0.05, 0) is 42.0 Å². The topological polar surface area (TPSA) is 58.6 Å². The summed E-state index contributed by atoms with van der Waals surface area (Å²) in [5.41, 5.74) is 0.782. The van der Waals surface area contributed by atoms with Crippen molar-refractivity contribution in [3.8, 4) is 11.5 Å². The van der Waals surface area contributed by atoms with E-state index < -0.39 is 6.10 Å². The lowest BCUT2D eigenvalue weighted by Gasteiger charge is -2.17. The van der Waals surface area contributed by atoms with Crippen LogP contribution in [0, 0.1) is 5.92 Å². The molecule has 1 saturated heterocycles. The second kappa shape index (κ2) is 6.38. The Morgan fingerprint density at radius 1 is 1.09 bits per heavy atom. The van der Waals surface area contributed by atoms with Crippen molar-refractivity contribution in [1.82, 2.24) is 5.32 Å². The van der Waals surface area contributed by atoms with Gasteiger partial charge in [0.15, 0.2) is 0 Å². The van der Waals surface area contributed by atoms with Crippen LogP contribution in [-0.2, 0) is 4.79 Å². The summed E-state index contributed by atoms with van der Waals surface area (Å²) in [6.45, 7) is 0.517. The summed E-state index contributed by atoms with van der Waals surface area (Å²) in [5, 5.41) is 13.7. The van der Waals surface area contributed by atoms with Gasteiger partial charge in [0.1, 0.15) is 11.5 Å². The lowest BCUT2D eigenvalue weighted by atomic mass is 9.95. The van der Waals surface area contributed by atoms with Crippen LogP contribution in [0.25, 0.3) is 0 Å². The van der Waals surface area contributed by atoms with E-state index in [1.807, 2.05) is 12.1 Å². The van der Waals surface area contributed by atoms with Crippen LogP contribution in [0.15, 0.2) is 48.5 Å². The van der Waals surface area contributed by atoms with Crippen molar-refractivity contribution in [2.45, 2.75) is 12.5 Å². The van der Waals surface area contributed by atoms with Crippen molar-refractivity contribution in [3.05, 3.63) is 59.1 Å². The first kappa shape index (κ1) is 14.9. The van der Waals surface area contributed by atoms with Gasteiger partial charge in [-0.1, -0.05) is 23.7 Å². The second-order valence-corrected chi connectivity index (χ2v) is 5.77. The molecule has 0 saturated carbocycles. The highest BCUT2D eigenvalue weighted by Gasteiger charge is 2.28. The number of hydrogen-bond acceptors (Lipinski definition) is 3. The standard InChI is InChI=1S/C17H16ClNO3/c18-13-3-7-15(8-4-13)22-14-5-1-11(2-6-14)17(21)12-9-16(20)19-10-12/h1-8,12,17,21H,9-10H2,(H,19,20). The van der Waals surface area contributed by atoms with Gasteiger partial charge in [-0.2, -0.15) is 0 Å². The smallest absolute Gasteiger partial charge is 0.220 e. The zero-order valence-corrected chi connectivity index (χ0v) is 12.6. The zero-order chi connectivity index (χ0) is 15.5. The number of nitrogens with one attached hydrogen (secondary N) is 1. The number of aliphatic hydroxyl groups excluding tert-OH is 1. The molecule has 22 heavy (non-hydrogen) atoms. The normalized spacial score (nSPS) is 18.8. The van der Waals surface area contributed by atoms with Crippen LogP contribution in [0.5, 0.6) is 11.5 Å². The van der Waals surface area contributed by atoms with Crippen LogP contribution < -0.4 is 10.1 Å². The number of halogens is 1. The van der Waals surface area contributed by atoms with Crippen molar-refractivity contribution < 1.29 is 14.6 Å². The fourth-order valence-electron chi connectivity index (χ4n) is 2.49. The van der Waals surface area contributed by atoms with Crippen LogP contribution in [0.1, 0.15) is 18.1 Å². The molecule has 0 aliphatic carbocycles. The van der Waals surface area contributed by atoms with Crippen LogP contribution in [0.3, 0.4) is 0 Å². The first-order valence-corrected chi connectivity index (χ1v) is 7.48. The molecule has 1 amide bonds. The molecule has 0 spiro atoms. The summed E-state index contributed by atoms with van der Waals surface area (Å²) in [5.74, 6) is 1.30. The third-order valence-corrected chi connectivity index (χ3v) is 3.98. The minimum atomic E-state index is -0.650. The maximum absolute atomic E-state index is 11.2. The number of aliphatic hydroxyl groups is 1. The Bertz CT molecular complexity index is 655. The maximum Gasteiger partial charge on any atom is 0.220 e. The summed E-state index contributed by atoms with van der Waals surface area (Å²) in [4.78, 5) is 11.2. The lowest BCUT2D eigenvalue weighted by Crippen LogP contribution is -2.17. The van der Waals surface area contributed by atoms with Gasteiger partial charge in [0, 0.05) is 23.9 Å². The highest BCUT2D eigenvalue weighted by atomic mass is 35.5. The molecule has 1 heterocycles. The molecule has 2 aromatic rings. The molecule has 4 nitrogen and oxygen atoms in total. The molecular formula is C17H16ClNO3. The molecule has 2 atom stereocenters. The predicted molar refractivity (Wildman–Crippen MR) is 84.0 cm³/mol. The summed E-state index contributed by atoms with van der Waals surface area (Å²) < 4.78 is 5.70. The van der Waals surface area contributed by atoms with Gasteiger partial charge in [-0.15, -0.1) is 0 Å². The van der Waals surface area contributed by atoms with Crippen molar-refractivity contribution in [1.29, 1.82) is 0 Å². The number of carbonyl (C=O) groups excluding carboxylic acids is 1. The van der Waals surface area contributed by atoms with E-state index in [1.165, 1.54) is 0 Å². The number of benzene rings is 2. The van der Waals surface area contributed by atoms with Crippen LogP contribution in [0.2, 0.25) is 5.02 Å². The summed E-state index contributed by atoms with van der Waals surface area (Å²) in [7, 11) is 0. The molecule has 0 bridgehead atoms. The minimum absolute atomic E-state index is 0.00765. The predicted octanol–water partition coefficient (Wildman–Crippen LogP) is 3.30. The van der Waals surface area contributed by atoms with E-state index >= 15 is 0 Å². The average molecular weight is 318 g/mol. The quantitative estimate of drug-likeness (QED) is 0.909. The maximum atomic E-state index is 11.2. The van der Waals surface area contributed by atoms with Crippen molar-refractivity contribution >= 4 is 17.5 Å². The molecule has 2 N–H and O–H groups in total. The summed E-state index contributed by atoms with van der Waals surface area (Å²) >= 11 is 5.83. The van der Waals surface area contributed by atoms with Crippen LogP contribution in [0.4, 0.5) is 0 Å².